The number of fused-ring (bicyclic) bond motifs is 1. The van der Waals surface area contributed by atoms with Crippen molar-refractivity contribution in [1.29, 1.82) is 0 Å². The smallest absolute Gasteiger partial charge is 0.324 e. The maximum atomic E-state index is 12.6. The summed E-state index contributed by atoms with van der Waals surface area (Å²) < 4.78 is 2.32. The lowest BCUT2D eigenvalue weighted by atomic mass is 10.1. The molecule has 0 aliphatic carbocycles. The molecule has 2 heterocycles. The molecule has 1 amide bonds. The third kappa shape index (κ3) is 3.48. The molecule has 0 aliphatic heterocycles. The molecule has 4 rings (SSSR count). The minimum absolute atomic E-state index is 0.184. The topological polar surface area (TPSA) is 81.3 Å². The number of nitrogens with one attached hydrogen (secondary N) is 1. The van der Waals surface area contributed by atoms with E-state index in [0.29, 0.717) is 17.0 Å². The van der Waals surface area contributed by atoms with Gasteiger partial charge in [0.05, 0.1) is 5.69 Å². The first-order valence-electron chi connectivity index (χ1n) is 8.49. The molecule has 2 aromatic heterocycles. The summed E-state index contributed by atoms with van der Waals surface area (Å²) in [6.07, 6.45) is 0. The molecule has 7 nitrogen and oxygen atoms in total. The molecular formula is C20H17N5O2. The van der Waals surface area contributed by atoms with E-state index >= 15 is 0 Å². The SMILES string of the molecule is Cc1cccc(NC(=O)Cn2nc3ccc(-c4ccccc4)nn3c2=O)c1. The summed E-state index contributed by atoms with van der Waals surface area (Å²) in [4.78, 5) is 24.8. The van der Waals surface area contributed by atoms with Crippen LogP contribution in [0.5, 0.6) is 0 Å². The van der Waals surface area contributed by atoms with Crippen LogP contribution in [0.1, 0.15) is 5.56 Å². The minimum atomic E-state index is -0.456. The molecule has 134 valence electrons. The van der Waals surface area contributed by atoms with Gasteiger partial charge in [0.2, 0.25) is 5.91 Å². The molecule has 0 spiro atoms. The Balaban J connectivity index is 1.60. The van der Waals surface area contributed by atoms with Gasteiger partial charge in [-0.05, 0) is 36.8 Å². The lowest BCUT2D eigenvalue weighted by Crippen LogP contribution is -2.28. The van der Waals surface area contributed by atoms with E-state index in [4.69, 9.17) is 0 Å². The maximum Gasteiger partial charge on any atom is 0.367 e. The molecule has 1 N–H and O–H groups in total. The number of amides is 1. The van der Waals surface area contributed by atoms with Crippen molar-refractivity contribution in [3.63, 3.8) is 0 Å². The van der Waals surface area contributed by atoms with Crippen molar-refractivity contribution >= 4 is 17.2 Å². The largest absolute Gasteiger partial charge is 0.367 e. The highest BCUT2D eigenvalue weighted by atomic mass is 16.2. The Hall–Kier alpha value is -3.74. The number of rotatable bonds is 4. The van der Waals surface area contributed by atoms with Crippen molar-refractivity contribution in [3.05, 3.63) is 82.8 Å². The van der Waals surface area contributed by atoms with Crippen molar-refractivity contribution in [2.24, 2.45) is 0 Å². The van der Waals surface area contributed by atoms with Crippen LogP contribution in [0.15, 0.2) is 71.5 Å². The molecule has 0 unspecified atom stereocenters. The number of carbonyl (C=O) groups is 1. The van der Waals surface area contributed by atoms with Crippen molar-refractivity contribution in [2.45, 2.75) is 13.5 Å². The quantitative estimate of drug-likeness (QED) is 0.607. The van der Waals surface area contributed by atoms with E-state index in [2.05, 4.69) is 15.5 Å². The standard InChI is InChI=1S/C20H17N5O2/c1-14-6-5-9-16(12-14)21-19(26)13-24-20(27)25-18(23-24)11-10-17(22-25)15-7-3-2-4-8-15/h2-12H,13H2,1H3,(H,21,26). The van der Waals surface area contributed by atoms with Crippen molar-refractivity contribution < 1.29 is 4.79 Å². The number of carbonyl (C=O) groups excluding carboxylic acids is 1. The molecule has 0 aliphatic rings. The molecule has 2 aromatic carbocycles. The minimum Gasteiger partial charge on any atom is -0.324 e. The number of benzene rings is 2. The normalized spacial score (nSPS) is 10.9. The Morgan fingerprint density at radius 1 is 1.00 bits per heavy atom. The zero-order valence-corrected chi connectivity index (χ0v) is 14.7. The Morgan fingerprint density at radius 2 is 1.81 bits per heavy atom. The van der Waals surface area contributed by atoms with Crippen molar-refractivity contribution in [2.75, 3.05) is 5.32 Å². The highest BCUT2D eigenvalue weighted by Gasteiger charge is 2.13. The predicted octanol–water partition coefficient (Wildman–Crippen LogP) is 2.51. The van der Waals surface area contributed by atoms with Crippen molar-refractivity contribution in [1.82, 2.24) is 19.4 Å². The maximum absolute atomic E-state index is 12.6. The number of hydrogen-bond acceptors (Lipinski definition) is 4. The number of aromatic nitrogens is 4. The Bertz CT molecular complexity index is 1180. The lowest BCUT2D eigenvalue weighted by Gasteiger charge is -2.05. The average molecular weight is 359 g/mol. The highest BCUT2D eigenvalue weighted by Crippen LogP contribution is 2.15. The molecule has 0 radical (unpaired) electrons. The number of hydrogen-bond donors (Lipinski definition) is 1. The first-order valence-corrected chi connectivity index (χ1v) is 8.49. The van der Waals surface area contributed by atoms with E-state index in [0.717, 1.165) is 15.8 Å². The Morgan fingerprint density at radius 3 is 2.59 bits per heavy atom. The lowest BCUT2D eigenvalue weighted by molar-refractivity contribution is -0.117. The molecule has 4 aromatic rings. The molecule has 27 heavy (non-hydrogen) atoms. The van der Waals surface area contributed by atoms with E-state index in [1.54, 1.807) is 18.2 Å². The monoisotopic (exact) mass is 359 g/mol. The van der Waals surface area contributed by atoms with E-state index in [-0.39, 0.29) is 12.5 Å². The summed E-state index contributed by atoms with van der Waals surface area (Å²) in [5.41, 5.74) is 3.21. The number of aryl methyl sites for hydroxylation is 1. The zero-order chi connectivity index (χ0) is 18.8. The van der Waals surface area contributed by atoms with E-state index in [9.17, 15) is 9.59 Å². The second-order valence-electron chi connectivity index (χ2n) is 6.21. The third-order valence-electron chi connectivity index (χ3n) is 4.10. The number of nitrogens with zero attached hydrogens (tertiary/aromatic N) is 4. The van der Waals surface area contributed by atoms with Crippen LogP contribution in [-0.4, -0.2) is 25.3 Å². The van der Waals surface area contributed by atoms with Gasteiger partial charge in [-0.2, -0.15) is 9.61 Å². The first-order chi connectivity index (χ1) is 13.1. The summed E-state index contributed by atoms with van der Waals surface area (Å²) in [6, 6.07) is 20.5. The van der Waals surface area contributed by atoms with Crippen LogP contribution >= 0.6 is 0 Å². The Kier molecular flexibility index (Phi) is 4.25. The van der Waals surface area contributed by atoms with Gasteiger partial charge in [-0.15, -0.1) is 5.10 Å². The van der Waals surface area contributed by atoms with Crippen molar-refractivity contribution in [3.8, 4) is 11.3 Å². The van der Waals surface area contributed by atoms with Gasteiger partial charge in [0, 0.05) is 11.3 Å². The van der Waals surface area contributed by atoms with Gasteiger partial charge < -0.3 is 5.32 Å². The molecule has 0 fully saturated rings. The first kappa shape index (κ1) is 16.7. The summed E-state index contributed by atoms with van der Waals surface area (Å²) >= 11 is 0. The number of anilines is 1. The van der Waals surface area contributed by atoms with Gasteiger partial charge in [-0.3, -0.25) is 4.79 Å². The highest BCUT2D eigenvalue weighted by molar-refractivity contribution is 5.90. The Labute approximate surface area is 154 Å². The van der Waals surface area contributed by atoms with E-state index in [1.165, 1.54) is 4.52 Å². The zero-order valence-electron chi connectivity index (χ0n) is 14.7. The van der Waals surface area contributed by atoms with Gasteiger partial charge >= 0.3 is 5.69 Å². The molecule has 7 heteroatoms. The summed E-state index contributed by atoms with van der Waals surface area (Å²) in [7, 11) is 0. The fraction of sp³-hybridized carbons (Fsp3) is 0.100. The van der Waals surface area contributed by atoms with Gasteiger partial charge in [0.15, 0.2) is 5.65 Å². The van der Waals surface area contributed by atoms with Crippen LogP contribution < -0.4 is 11.0 Å². The molecule has 0 saturated heterocycles. The fourth-order valence-electron chi connectivity index (χ4n) is 2.83. The molecule has 0 atom stereocenters. The van der Waals surface area contributed by atoms with E-state index < -0.39 is 5.69 Å². The average Bonchev–Trinajstić information content (AvgIpc) is 2.97. The molecule has 0 saturated carbocycles. The summed E-state index contributed by atoms with van der Waals surface area (Å²) in [5.74, 6) is -0.325. The van der Waals surface area contributed by atoms with E-state index in [1.807, 2.05) is 55.5 Å². The van der Waals surface area contributed by atoms with Crippen LogP contribution in [0.2, 0.25) is 0 Å². The van der Waals surface area contributed by atoms with Crippen LogP contribution in [0.25, 0.3) is 16.9 Å². The van der Waals surface area contributed by atoms with Crippen LogP contribution in [0.3, 0.4) is 0 Å². The molecular weight excluding hydrogens is 342 g/mol. The molecule has 0 bridgehead atoms. The fourth-order valence-corrected chi connectivity index (χ4v) is 2.83. The van der Waals surface area contributed by atoms with Crippen LogP contribution in [0.4, 0.5) is 5.69 Å². The third-order valence-corrected chi connectivity index (χ3v) is 4.10. The predicted molar refractivity (Wildman–Crippen MR) is 102 cm³/mol. The summed E-state index contributed by atoms with van der Waals surface area (Å²) in [5, 5.41) is 11.3. The second-order valence-corrected chi connectivity index (χ2v) is 6.21. The van der Waals surface area contributed by atoms with Gasteiger partial charge in [0.25, 0.3) is 0 Å². The van der Waals surface area contributed by atoms with Gasteiger partial charge in [-0.25, -0.2) is 9.48 Å². The summed E-state index contributed by atoms with van der Waals surface area (Å²) in [6.45, 7) is 1.76. The van der Waals surface area contributed by atoms with Gasteiger partial charge in [-0.1, -0.05) is 42.5 Å². The van der Waals surface area contributed by atoms with Crippen LogP contribution in [-0.2, 0) is 11.3 Å². The van der Waals surface area contributed by atoms with Crippen LogP contribution in [0, 0.1) is 6.92 Å². The van der Waals surface area contributed by atoms with Gasteiger partial charge in [0.1, 0.15) is 6.54 Å². The second kappa shape index (κ2) is 6.87.